The number of aliphatic hydroxyl groups excluding tert-OH is 1. The van der Waals surface area contributed by atoms with Crippen LogP contribution < -0.4 is 9.47 Å². The first-order chi connectivity index (χ1) is 16.2. The lowest BCUT2D eigenvalue weighted by atomic mass is 10.2. The average molecular weight is 465 g/mol. The number of carboxylic acids is 1. The molecule has 9 nitrogen and oxygen atoms in total. The second kappa shape index (κ2) is 16.9. The van der Waals surface area contributed by atoms with Crippen molar-refractivity contribution in [3.8, 4) is 11.5 Å². The Labute approximate surface area is 193 Å². The molecule has 9 heteroatoms. The summed E-state index contributed by atoms with van der Waals surface area (Å²) in [6, 6.07) is 13.6. The molecule has 2 aromatic rings. The smallest absolute Gasteiger partial charge is 0.335 e. The summed E-state index contributed by atoms with van der Waals surface area (Å²) in [6.45, 7) is 4.34. The normalized spacial score (nSPS) is 10.8. The van der Waals surface area contributed by atoms with Crippen LogP contribution in [0.2, 0.25) is 0 Å². The van der Waals surface area contributed by atoms with E-state index in [0.29, 0.717) is 77.6 Å². The van der Waals surface area contributed by atoms with Gasteiger partial charge in [0.25, 0.3) is 0 Å². The summed E-state index contributed by atoms with van der Waals surface area (Å²) in [5, 5.41) is 18.0. The zero-order valence-electron chi connectivity index (χ0n) is 18.6. The summed E-state index contributed by atoms with van der Waals surface area (Å²) < 4.78 is 32.7. The highest BCUT2D eigenvalue weighted by molar-refractivity contribution is 5.87. The number of carbonyl (C=O) groups is 1. The lowest BCUT2D eigenvalue weighted by molar-refractivity contribution is -0.00699. The van der Waals surface area contributed by atoms with E-state index in [4.69, 9.17) is 38.6 Å². The van der Waals surface area contributed by atoms with Gasteiger partial charge < -0.3 is 38.6 Å². The molecule has 0 saturated carbocycles. The van der Waals surface area contributed by atoms with E-state index in [1.165, 1.54) is 12.1 Å². The Hall–Kier alpha value is -2.69. The minimum Gasteiger partial charge on any atom is -0.491 e. The van der Waals surface area contributed by atoms with Crippen LogP contribution in [0.3, 0.4) is 0 Å². The molecule has 182 valence electrons. The number of ether oxygens (including phenoxy) is 6. The molecule has 2 N–H and O–H groups in total. The van der Waals surface area contributed by atoms with Crippen molar-refractivity contribution in [3.63, 3.8) is 0 Å². The monoisotopic (exact) mass is 464 g/mol. The van der Waals surface area contributed by atoms with E-state index in [2.05, 4.69) is 0 Å². The molecule has 0 fully saturated rings. The molecule has 33 heavy (non-hydrogen) atoms. The number of aliphatic hydroxyl groups is 1. The number of aromatic carboxylic acids is 1. The molecule has 0 aliphatic rings. The van der Waals surface area contributed by atoms with Crippen LogP contribution in [-0.2, 0) is 25.6 Å². The van der Waals surface area contributed by atoms with Crippen molar-refractivity contribution < 1.29 is 43.4 Å². The van der Waals surface area contributed by atoms with Gasteiger partial charge in [-0.25, -0.2) is 4.79 Å². The predicted molar refractivity (Wildman–Crippen MR) is 120 cm³/mol. The Morgan fingerprint density at radius 1 is 0.636 bits per heavy atom. The molecule has 0 atom stereocenters. The van der Waals surface area contributed by atoms with Crippen LogP contribution in [-0.4, -0.2) is 82.3 Å². The molecule has 0 heterocycles. The van der Waals surface area contributed by atoms with Gasteiger partial charge in [-0.3, -0.25) is 0 Å². The molecule has 0 aromatic heterocycles. The molecule has 0 unspecified atom stereocenters. The van der Waals surface area contributed by atoms with E-state index in [-0.39, 0.29) is 12.2 Å². The van der Waals surface area contributed by atoms with Gasteiger partial charge in [0, 0.05) is 0 Å². The van der Waals surface area contributed by atoms with Crippen LogP contribution in [0.4, 0.5) is 0 Å². The highest BCUT2D eigenvalue weighted by atomic mass is 16.6. The molecule has 0 spiro atoms. The number of rotatable bonds is 19. The van der Waals surface area contributed by atoms with Gasteiger partial charge in [0.15, 0.2) is 0 Å². The molecular formula is C24H32O9. The number of hydrogen-bond donors (Lipinski definition) is 2. The van der Waals surface area contributed by atoms with Crippen molar-refractivity contribution >= 4 is 5.97 Å². The summed E-state index contributed by atoms with van der Waals surface area (Å²) in [5.41, 5.74) is 0.996. The van der Waals surface area contributed by atoms with Crippen molar-refractivity contribution in [2.45, 2.75) is 6.61 Å². The third-order valence-corrected chi connectivity index (χ3v) is 4.27. The second-order valence-corrected chi connectivity index (χ2v) is 6.78. The van der Waals surface area contributed by atoms with Gasteiger partial charge in [0.2, 0.25) is 0 Å². The molecule has 0 saturated heterocycles. The van der Waals surface area contributed by atoms with Gasteiger partial charge in [0.05, 0.1) is 65.0 Å². The predicted octanol–water partition coefficient (Wildman–Crippen LogP) is 2.40. The maximum Gasteiger partial charge on any atom is 0.335 e. The SMILES string of the molecule is O=C(O)c1cccc(OCCOCCOCCOCCOCCOc2cccc(CO)c2)c1. The zero-order chi connectivity index (χ0) is 23.6. The van der Waals surface area contributed by atoms with Gasteiger partial charge in [-0.15, -0.1) is 0 Å². The van der Waals surface area contributed by atoms with Crippen molar-refractivity contribution in [2.75, 3.05) is 66.1 Å². The first kappa shape index (κ1) is 26.6. The standard InChI is InChI=1S/C24H32O9/c25-19-20-3-1-5-22(17-20)32-15-13-30-11-9-28-7-8-29-10-12-31-14-16-33-23-6-2-4-21(18-23)24(26)27/h1-6,17-18,25H,7-16,19H2,(H,26,27). The topological polar surface area (TPSA) is 113 Å². The molecule has 0 bridgehead atoms. The van der Waals surface area contributed by atoms with E-state index < -0.39 is 5.97 Å². The van der Waals surface area contributed by atoms with Crippen molar-refractivity contribution in [2.24, 2.45) is 0 Å². The van der Waals surface area contributed by atoms with Gasteiger partial charge >= 0.3 is 5.97 Å². The lowest BCUT2D eigenvalue weighted by Gasteiger charge is -2.09. The molecule has 2 aromatic carbocycles. The third-order valence-electron chi connectivity index (χ3n) is 4.27. The second-order valence-electron chi connectivity index (χ2n) is 6.78. The Balaban J connectivity index is 1.32. The Morgan fingerprint density at radius 2 is 1.09 bits per heavy atom. The molecule has 0 amide bonds. The van der Waals surface area contributed by atoms with Crippen molar-refractivity contribution in [1.82, 2.24) is 0 Å². The lowest BCUT2D eigenvalue weighted by Crippen LogP contribution is -2.14. The minimum atomic E-state index is -0.989. The fourth-order valence-corrected chi connectivity index (χ4v) is 2.65. The van der Waals surface area contributed by atoms with Gasteiger partial charge in [-0.05, 0) is 35.9 Å². The first-order valence-electron chi connectivity index (χ1n) is 10.8. The maximum absolute atomic E-state index is 10.9. The van der Waals surface area contributed by atoms with Gasteiger partial charge in [-0.1, -0.05) is 18.2 Å². The van der Waals surface area contributed by atoms with Crippen LogP contribution in [0.1, 0.15) is 15.9 Å². The van der Waals surface area contributed by atoms with E-state index >= 15 is 0 Å². The van der Waals surface area contributed by atoms with Crippen LogP contribution in [0.5, 0.6) is 11.5 Å². The summed E-state index contributed by atoms with van der Waals surface area (Å²) in [7, 11) is 0. The Bertz CT molecular complexity index is 797. The number of hydrogen-bond acceptors (Lipinski definition) is 8. The Kier molecular flexibility index (Phi) is 13.6. The van der Waals surface area contributed by atoms with Crippen LogP contribution in [0, 0.1) is 0 Å². The van der Waals surface area contributed by atoms with Crippen LogP contribution in [0.25, 0.3) is 0 Å². The third kappa shape index (κ3) is 12.2. The fraction of sp³-hybridized carbons (Fsp3) is 0.458. The quantitative estimate of drug-likeness (QED) is 0.303. The number of carboxylic acid groups (broad SMARTS) is 1. The van der Waals surface area contributed by atoms with Gasteiger partial charge in [0.1, 0.15) is 24.7 Å². The zero-order valence-corrected chi connectivity index (χ0v) is 18.6. The summed E-state index contributed by atoms with van der Waals surface area (Å²) >= 11 is 0. The van der Waals surface area contributed by atoms with E-state index in [0.717, 1.165) is 5.56 Å². The highest BCUT2D eigenvalue weighted by Crippen LogP contribution is 2.13. The first-order valence-corrected chi connectivity index (χ1v) is 10.8. The Morgan fingerprint density at radius 3 is 1.58 bits per heavy atom. The van der Waals surface area contributed by atoms with Crippen LogP contribution >= 0.6 is 0 Å². The summed E-state index contributed by atoms with van der Waals surface area (Å²) in [4.78, 5) is 10.9. The molecular weight excluding hydrogens is 432 g/mol. The van der Waals surface area contributed by atoms with Crippen molar-refractivity contribution in [1.29, 1.82) is 0 Å². The summed E-state index contributed by atoms with van der Waals surface area (Å²) in [6.07, 6.45) is 0. The van der Waals surface area contributed by atoms with E-state index in [9.17, 15) is 4.79 Å². The average Bonchev–Trinajstić information content (AvgIpc) is 2.84. The van der Waals surface area contributed by atoms with Crippen molar-refractivity contribution in [3.05, 3.63) is 59.7 Å². The molecule has 0 aliphatic heterocycles. The van der Waals surface area contributed by atoms with Gasteiger partial charge in [-0.2, -0.15) is 0 Å². The largest absolute Gasteiger partial charge is 0.491 e. The molecule has 0 aliphatic carbocycles. The maximum atomic E-state index is 10.9. The highest BCUT2D eigenvalue weighted by Gasteiger charge is 2.03. The van der Waals surface area contributed by atoms with E-state index in [1.54, 1.807) is 18.2 Å². The summed E-state index contributed by atoms with van der Waals surface area (Å²) in [5.74, 6) is 0.217. The minimum absolute atomic E-state index is 0.0102. The van der Waals surface area contributed by atoms with Crippen LogP contribution in [0.15, 0.2) is 48.5 Å². The van der Waals surface area contributed by atoms with E-state index in [1.807, 2.05) is 18.2 Å². The fourth-order valence-electron chi connectivity index (χ4n) is 2.65. The number of benzene rings is 2. The molecule has 2 rings (SSSR count). The molecule has 0 radical (unpaired) electrons.